The molecule has 2 aliphatic rings. The van der Waals surface area contributed by atoms with E-state index in [-0.39, 0.29) is 18.2 Å². The first kappa shape index (κ1) is 23.8. The highest BCUT2D eigenvalue weighted by molar-refractivity contribution is 8.16. The van der Waals surface area contributed by atoms with Crippen molar-refractivity contribution >= 4 is 34.4 Å². The fourth-order valence-corrected chi connectivity index (χ4v) is 5.02. The van der Waals surface area contributed by atoms with Gasteiger partial charge in [0.25, 0.3) is 5.91 Å². The van der Waals surface area contributed by atoms with Crippen LogP contribution in [0, 0.1) is 6.92 Å². The first-order chi connectivity index (χ1) is 16.5. The number of thioether (sulfide) groups is 1. The number of methoxy groups -OCH3 is 1. The zero-order valence-electron chi connectivity index (χ0n) is 19.5. The van der Waals surface area contributed by atoms with Crippen molar-refractivity contribution in [3.63, 3.8) is 0 Å². The van der Waals surface area contributed by atoms with Gasteiger partial charge in [-0.2, -0.15) is 0 Å². The average Bonchev–Trinajstić information content (AvgIpc) is 3.20. The van der Waals surface area contributed by atoms with Gasteiger partial charge in [0.1, 0.15) is 0 Å². The van der Waals surface area contributed by atoms with E-state index < -0.39 is 6.04 Å². The molecule has 0 bridgehead atoms. The number of benzene rings is 2. The summed E-state index contributed by atoms with van der Waals surface area (Å²) in [5, 5.41) is 8.60. The molecule has 34 heavy (non-hydrogen) atoms. The maximum atomic E-state index is 13.6. The van der Waals surface area contributed by atoms with Crippen LogP contribution in [0.25, 0.3) is 0 Å². The van der Waals surface area contributed by atoms with Gasteiger partial charge in [-0.3, -0.25) is 9.59 Å². The van der Waals surface area contributed by atoms with Gasteiger partial charge in [-0.25, -0.2) is 4.99 Å². The minimum Gasteiger partial charge on any atom is -0.383 e. The Hall–Kier alpha value is -3.36. The lowest BCUT2D eigenvalue weighted by atomic mass is 9.92. The van der Waals surface area contributed by atoms with E-state index in [4.69, 9.17) is 9.73 Å². The third-order valence-corrected chi connectivity index (χ3v) is 6.49. The summed E-state index contributed by atoms with van der Waals surface area (Å²) in [7, 11) is 1.60. The number of fused-ring (bicyclic) bond motifs is 1. The molecule has 1 atom stereocenters. The number of ether oxygens (including phenoxy) is 1. The Morgan fingerprint density at radius 3 is 2.65 bits per heavy atom. The SMILES string of the molecule is COCCNC(=O)CC1=CSC2=NC(C)=C(C(=O)Nc3ccccc3)C(c3cccc(C)c3)N12. The molecule has 2 heterocycles. The van der Waals surface area contributed by atoms with Gasteiger partial charge in [0.05, 0.1) is 30.3 Å². The maximum absolute atomic E-state index is 13.6. The minimum absolute atomic E-state index is 0.102. The van der Waals surface area contributed by atoms with Crippen LogP contribution < -0.4 is 10.6 Å². The van der Waals surface area contributed by atoms with Crippen LogP contribution in [0.1, 0.15) is 30.5 Å². The molecule has 176 valence electrons. The lowest BCUT2D eigenvalue weighted by molar-refractivity contribution is -0.120. The van der Waals surface area contributed by atoms with E-state index >= 15 is 0 Å². The number of amidine groups is 1. The number of nitrogens with zero attached hydrogens (tertiary/aromatic N) is 2. The Bertz CT molecular complexity index is 1170. The van der Waals surface area contributed by atoms with Crippen LogP contribution >= 0.6 is 11.8 Å². The lowest BCUT2D eigenvalue weighted by Crippen LogP contribution is -2.39. The summed E-state index contributed by atoms with van der Waals surface area (Å²) in [5.41, 5.74) is 4.82. The predicted molar refractivity (Wildman–Crippen MR) is 136 cm³/mol. The van der Waals surface area contributed by atoms with Crippen molar-refractivity contribution in [3.05, 3.63) is 88.1 Å². The number of allylic oxidation sites excluding steroid dienone is 1. The predicted octanol–water partition coefficient (Wildman–Crippen LogP) is 4.36. The Balaban J connectivity index is 1.68. The van der Waals surface area contributed by atoms with Gasteiger partial charge in [0, 0.05) is 25.0 Å². The van der Waals surface area contributed by atoms with Crippen LogP contribution in [0.4, 0.5) is 5.69 Å². The second kappa shape index (κ2) is 10.7. The Morgan fingerprint density at radius 1 is 1.12 bits per heavy atom. The Morgan fingerprint density at radius 2 is 1.91 bits per heavy atom. The summed E-state index contributed by atoms with van der Waals surface area (Å²) in [6.45, 7) is 4.79. The lowest BCUT2D eigenvalue weighted by Gasteiger charge is -2.36. The third-order valence-electron chi connectivity index (χ3n) is 5.60. The van der Waals surface area contributed by atoms with Gasteiger partial charge >= 0.3 is 0 Å². The molecule has 0 aliphatic carbocycles. The summed E-state index contributed by atoms with van der Waals surface area (Å²) >= 11 is 1.47. The number of amides is 2. The summed E-state index contributed by atoms with van der Waals surface area (Å²) < 4.78 is 5.02. The first-order valence-electron chi connectivity index (χ1n) is 11.1. The van der Waals surface area contributed by atoms with E-state index in [2.05, 4.69) is 16.7 Å². The monoisotopic (exact) mass is 476 g/mol. The van der Waals surface area contributed by atoms with Gasteiger partial charge < -0.3 is 20.3 Å². The summed E-state index contributed by atoms with van der Waals surface area (Å²) in [4.78, 5) is 32.9. The number of para-hydroxylation sites is 1. The molecule has 4 rings (SSSR count). The highest BCUT2D eigenvalue weighted by Crippen LogP contribution is 2.44. The van der Waals surface area contributed by atoms with E-state index in [1.807, 2.05) is 72.7 Å². The van der Waals surface area contributed by atoms with Crippen molar-refractivity contribution in [2.24, 2.45) is 4.99 Å². The number of aryl methyl sites for hydroxylation is 1. The molecule has 2 aliphatic heterocycles. The van der Waals surface area contributed by atoms with Crippen LogP contribution in [-0.4, -0.2) is 42.1 Å². The molecule has 1 unspecified atom stereocenters. The molecule has 2 aromatic rings. The molecule has 2 aromatic carbocycles. The highest BCUT2D eigenvalue weighted by Gasteiger charge is 2.40. The maximum Gasteiger partial charge on any atom is 0.255 e. The second-order valence-corrected chi connectivity index (χ2v) is 8.98. The molecule has 0 radical (unpaired) electrons. The molecule has 0 fully saturated rings. The van der Waals surface area contributed by atoms with Gasteiger partial charge in [0.2, 0.25) is 5.91 Å². The molecular formula is C26H28N4O3S. The van der Waals surface area contributed by atoms with Crippen molar-refractivity contribution in [1.82, 2.24) is 10.2 Å². The van der Waals surface area contributed by atoms with E-state index in [9.17, 15) is 9.59 Å². The number of carbonyl (C=O) groups excluding carboxylic acids is 2. The van der Waals surface area contributed by atoms with Gasteiger partial charge in [-0.1, -0.05) is 59.8 Å². The summed E-state index contributed by atoms with van der Waals surface area (Å²) in [5.74, 6) is -0.312. The molecule has 0 saturated carbocycles. The zero-order chi connectivity index (χ0) is 24.1. The standard InChI is InChI=1S/C26H28N4O3S/c1-17-8-7-9-19(14-17)24-23(25(32)29-20-10-5-4-6-11-20)18(2)28-26-30(24)21(16-34-26)15-22(31)27-12-13-33-3/h4-11,14,16,24H,12-13,15H2,1-3H3,(H,27,31)(H,29,32). The number of rotatable bonds is 8. The average molecular weight is 477 g/mol. The summed E-state index contributed by atoms with van der Waals surface area (Å²) in [6.07, 6.45) is 0.185. The zero-order valence-corrected chi connectivity index (χ0v) is 20.3. The van der Waals surface area contributed by atoms with Crippen molar-refractivity contribution in [1.29, 1.82) is 0 Å². The normalized spacial score (nSPS) is 17.1. The molecule has 0 saturated heterocycles. The van der Waals surface area contributed by atoms with Gasteiger partial charge in [0.15, 0.2) is 5.17 Å². The van der Waals surface area contributed by atoms with Crippen LogP contribution in [0.3, 0.4) is 0 Å². The van der Waals surface area contributed by atoms with Gasteiger partial charge in [-0.15, -0.1) is 0 Å². The number of hydrogen-bond donors (Lipinski definition) is 2. The van der Waals surface area contributed by atoms with Crippen LogP contribution in [0.5, 0.6) is 0 Å². The highest BCUT2D eigenvalue weighted by atomic mass is 32.2. The topological polar surface area (TPSA) is 83.0 Å². The van der Waals surface area contributed by atoms with Crippen molar-refractivity contribution < 1.29 is 14.3 Å². The Labute approximate surface area is 204 Å². The van der Waals surface area contributed by atoms with Crippen LogP contribution in [0.2, 0.25) is 0 Å². The van der Waals surface area contributed by atoms with E-state index in [1.54, 1.807) is 7.11 Å². The first-order valence-corrected chi connectivity index (χ1v) is 12.0. The van der Waals surface area contributed by atoms with Crippen LogP contribution in [-0.2, 0) is 14.3 Å². The number of nitrogens with one attached hydrogen (secondary N) is 2. The molecule has 2 N–H and O–H groups in total. The number of anilines is 1. The molecule has 2 amide bonds. The molecule has 0 spiro atoms. The molecule has 7 nitrogen and oxygen atoms in total. The molecular weight excluding hydrogens is 448 g/mol. The number of carbonyl (C=O) groups is 2. The smallest absolute Gasteiger partial charge is 0.255 e. The van der Waals surface area contributed by atoms with Crippen molar-refractivity contribution in [2.45, 2.75) is 26.3 Å². The molecule has 0 aromatic heterocycles. The second-order valence-electron chi connectivity index (χ2n) is 8.15. The minimum atomic E-state index is -0.399. The number of hydrogen-bond acceptors (Lipinski definition) is 6. The van der Waals surface area contributed by atoms with Gasteiger partial charge in [-0.05, 0) is 37.0 Å². The van der Waals surface area contributed by atoms with E-state index in [0.717, 1.165) is 27.7 Å². The Kier molecular flexibility index (Phi) is 7.49. The molecule has 8 heteroatoms. The van der Waals surface area contributed by atoms with Crippen LogP contribution in [0.15, 0.2) is 82.0 Å². The van der Waals surface area contributed by atoms with Crippen molar-refractivity contribution in [2.75, 3.05) is 25.6 Å². The fourth-order valence-electron chi connectivity index (χ4n) is 4.05. The van der Waals surface area contributed by atoms with E-state index in [0.29, 0.717) is 24.4 Å². The number of aliphatic imine (C=N–C) groups is 1. The summed E-state index contributed by atoms with van der Waals surface area (Å²) in [6, 6.07) is 17.1. The largest absolute Gasteiger partial charge is 0.383 e. The fraction of sp³-hybridized carbons (Fsp3) is 0.269. The quantitative estimate of drug-likeness (QED) is 0.553. The third kappa shape index (κ3) is 5.24. The van der Waals surface area contributed by atoms with Crippen molar-refractivity contribution in [3.8, 4) is 0 Å². The van der Waals surface area contributed by atoms with E-state index in [1.165, 1.54) is 11.8 Å².